The topological polar surface area (TPSA) is 59.9 Å². The lowest BCUT2D eigenvalue weighted by Gasteiger charge is -1.73. The SMILES string of the molecule is Cc1cc2nc(=O)c(=O)c-2n1. The molecular weight excluding hydrogens is 144 g/mol. The first-order chi connectivity index (χ1) is 5.18. The maximum Gasteiger partial charge on any atom is 0.320 e. The van der Waals surface area contributed by atoms with Crippen LogP contribution in [-0.2, 0) is 0 Å². The van der Waals surface area contributed by atoms with Gasteiger partial charge in [0.2, 0.25) is 0 Å². The predicted molar refractivity (Wildman–Crippen MR) is 38.3 cm³/mol. The number of hydrogen-bond acceptors (Lipinski definition) is 4. The Morgan fingerprint density at radius 1 is 1.27 bits per heavy atom. The Morgan fingerprint density at radius 2 is 2.00 bits per heavy atom. The quantitative estimate of drug-likeness (QED) is 0.472. The molecule has 4 nitrogen and oxygen atoms in total. The molecule has 2 heterocycles. The van der Waals surface area contributed by atoms with Crippen LogP contribution in [0.1, 0.15) is 5.69 Å². The number of nitrogens with zero attached hydrogens (tertiary/aromatic N) is 2. The molecule has 0 aromatic rings. The Kier molecular flexibility index (Phi) is 0.961. The minimum Gasteiger partial charge on any atom is -0.281 e. The summed E-state index contributed by atoms with van der Waals surface area (Å²) in [5.74, 6) is 0. The molecule has 0 N–H and O–H groups in total. The second-order valence-corrected chi connectivity index (χ2v) is 2.38. The van der Waals surface area contributed by atoms with Gasteiger partial charge >= 0.3 is 5.56 Å². The molecule has 0 saturated carbocycles. The molecule has 0 aromatic carbocycles. The van der Waals surface area contributed by atoms with Crippen LogP contribution in [0.4, 0.5) is 0 Å². The first-order valence-corrected chi connectivity index (χ1v) is 3.13. The zero-order valence-electron chi connectivity index (χ0n) is 5.79. The summed E-state index contributed by atoms with van der Waals surface area (Å²) in [4.78, 5) is 28.9. The van der Waals surface area contributed by atoms with Gasteiger partial charge in [-0.2, -0.15) is 0 Å². The predicted octanol–water partition coefficient (Wildman–Crippen LogP) is -0.514. The smallest absolute Gasteiger partial charge is 0.281 e. The van der Waals surface area contributed by atoms with Crippen molar-refractivity contribution in [2.24, 2.45) is 0 Å². The van der Waals surface area contributed by atoms with Gasteiger partial charge in [-0.05, 0) is 13.0 Å². The van der Waals surface area contributed by atoms with Crippen molar-refractivity contribution in [2.45, 2.75) is 6.92 Å². The highest BCUT2D eigenvalue weighted by Crippen LogP contribution is 2.12. The van der Waals surface area contributed by atoms with Crippen molar-refractivity contribution in [3.8, 4) is 11.4 Å². The number of hydrogen-bond donors (Lipinski definition) is 0. The van der Waals surface area contributed by atoms with Gasteiger partial charge in [-0.1, -0.05) is 0 Å². The molecule has 2 aliphatic rings. The number of rotatable bonds is 0. The van der Waals surface area contributed by atoms with E-state index in [9.17, 15) is 9.59 Å². The molecule has 0 fully saturated rings. The van der Waals surface area contributed by atoms with Gasteiger partial charge in [0.25, 0.3) is 5.43 Å². The van der Waals surface area contributed by atoms with Crippen LogP contribution >= 0.6 is 0 Å². The van der Waals surface area contributed by atoms with Crippen LogP contribution in [0.15, 0.2) is 15.7 Å². The van der Waals surface area contributed by atoms with E-state index < -0.39 is 11.0 Å². The van der Waals surface area contributed by atoms with Crippen LogP contribution in [-0.4, -0.2) is 9.97 Å². The summed E-state index contributed by atoms with van der Waals surface area (Å²) in [7, 11) is 0. The molecule has 54 valence electrons. The number of fused-ring (bicyclic) bond motifs is 1. The van der Waals surface area contributed by atoms with Crippen molar-refractivity contribution in [3.05, 3.63) is 32.3 Å². The first-order valence-electron chi connectivity index (χ1n) is 3.13. The summed E-state index contributed by atoms with van der Waals surface area (Å²) in [6.45, 7) is 1.76. The van der Waals surface area contributed by atoms with Crippen LogP contribution in [0.25, 0.3) is 11.4 Å². The van der Waals surface area contributed by atoms with Crippen LogP contribution in [0.2, 0.25) is 0 Å². The molecule has 2 aliphatic heterocycles. The van der Waals surface area contributed by atoms with Gasteiger partial charge in [0.15, 0.2) is 0 Å². The lowest BCUT2D eigenvalue weighted by molar-refractivity contribution is 1.25. The second kappa shape index (κ2) is 1.72. The summed E-state index contributed by atoms with van der Waals surface area (Å²) in [5, 5.41) is 0. The molecule has 0 aromatic heterocycles. The average Bonchev–Trinajstić information content (AvgIpc) is 2.37. The Morgan fingerprint density at radius 3 is 2.64 bits per heavy atom. The van der Waals surface area contributed by atoms with Crippen LogP contribution < -0.4 is 11.0 Å². The molecular formula is C7H4N2O2. The molecule has 2 rings (SSSR count). The van der Waals surface area contributed by atoms with Crippen molar-refractivity contribution < 1.29 is 0 Å². The normalized spacial score (nSPS) is 11.0. The van der Waals surface area contributed by atoms with E-state index in [0.717, 1.165) is 5.69 Å². The zero-order chi connectivity index (χ0) is 8.01. The third-order valence-corrected chi connectivity index (χ3v) is 1.51. The van der Waals surface area contributed by atoms with E-state index in [4.69, 9.17) is 0 Å². The lowest BCUT2D eigenvalue weighted by atomic mass is 10.3. The summed E-state index contributed by atoms with van der Waals surface area (Å²) in [5.41, 5.74) is 0.0419. The largest absolute Gasteiger partial charge is 0.320 e. The van der Waals surface area contributed by atoms with Crippen molar-refractivity contribution in [3.63, 3.8) is 0 Å². The Hall–Kier alpha value is -1.58. The minimum absolute atomic E-state index is 0.201. The Balaban J connectivity index is 2.98. The van der Waals surface area contributed by atoms with E-state index in [1.54, 1.807) is 13.0 Å². The molecule has 4 heteroatoms. The molecule has 0 bridgehead atoms. The fourth-order valence-electron chi connectivity index (χ4n) is 1.05. The molecule has 0 saturated heterocycles. The summed E-state index contributed by atoms with van der Waals surface area (Å²) in [6.07, 6.45) is 0. The van der Waals surface area contributed by atoms with Gasteiger partial charge in [-0.3, -0.25) is 9.59 Å². The molecule has 0 aliphatic carbocycles. The molecule has 0 atom stereocenters. The van der Waals surface area contributed by atoms with E-state index in [-0.39, 0.29) is 5.69 Å². The van der Waals surface area contributed by atoms with Crippen molar-refractivity contribution in [2.75, 3.05) is 0 Å². The van der Waals surface area contributed by atoms with Gasteiger partial charge < -0.3 is 0 Å². The van der Waals surface area contributed by atoms with Gasteiger partial charge in [0.05, 0.1) is 5.69 Å². The summed E-state index contributed by atoms with van der Waals surface area (Å²) >= 11 is 0. The van der Waals surface area contributed by atoms with E-state index in [0.29, 0.717) is 5.69 Å². The van der Waals surface area contributed by atoms with Crippen LogP contribution in [0.3, 0.4) is 0 Å². The number of aromatic nitrogens is 2. The van der Waals surface area contributed by atoms with Gasteiger partial charge in [0.1, 0.15) is 5.69 Å². The fourth-order valence-corrected chi connectivity index (χ4v) is 1.05. The molecule has 0 spiro atoms. The Bertz CT molecular complexity index is 454. The molecule has 0 radical (unpaired) electrons. The highest BCUT2D eigenvalue weighted by Gasteiger charge is 2.16. The third-order valence-electron chi connectivity index (χ3n) is 1.51. The van der Waals surface area contributed by atoms with Gasteiger partial charge in [-0.15, -0.1) is 0 Å². The standard InChI is InChI=1S/C7H4N2O2/c1-3-2-4-5(8-3)6(10)7(11)9-4/h2H,1H3. The van der Waals surface area contributed by atoms with Crippen LogP contribution in [0, 0.1) is 6.92 Å². The van der Waals surface area contributed by atoms with E-state index in [1.807, 2.05) is 0 Å². The molecule has 0 unspecified atom stereocenters. The third kappa shape index (κ3) is 0.690. The van der Waals surface area contributed by atoms with E-state index in [1.165, 1.54) is 0 Å². The fraction of sp³-hybridized carbons (Fsp3) is 0.143. The van der Waals surface area contributed by atoms with Crippen molar-refractivity contribution in [1.29, 1.82) is 0 Å². The molecule has 11 heavy (non-hydrogen) atoms. The second-order valence-electron chi connectivity index (χ2n) is 2.38. The van der Waals surface area contributed by atoms with Crippen molar-refractivity contribution in [1.82, 2.24) is 9.97 Å². The Labute approximate surface area is 61.6 Å². The summed E-state index contributed by atoms with van der Waals surface area (Å²) in [6, 6.07) is 1.62. The van der Waals surface area contributed by atoms with Gasteiger partial charge in [0, 0.05) is 5.69 Å². The van der Waals surface area contributed by atoms with E-state index in [2.05, 4.69) is 9.97 Å². The van der Waals surface area contributed by atoms with Crippen molar-refractivity contribution >= 4 is 0 Å². The lowest BCUT2D eigenvalue weighted by Crippen LogP contribution is -2.19. The highest BCUT2D eigenvalue weighted by atomic mass is 16.2. The first kappa shape index (κ1) is 6.15. The van der Waals surface area contributed by atoms with E-state index >= 15 is 0 Å². The average molecular weight is 148 g/mol. The highest BCUT2D eigenvalue weighted by molar-refractivity contribution is 5.58. The monoisotopic (exact) mass is 148 g/mol. The number of aryl methyl sites for hydroxylation is 1. The maximum atomic E-state index is 10.9. The maximum absolute atomic E-state index is 10.9. The zero-order valence-corrected chi connectivity index (χ0v) is 5.79. The van der Waals surface area contributed by atoms with Crippen LogP contribution in [0.5, 0.6) is 0 Å². The van der Waals surface area contributed by atoms with Gasteiger partial charge in [-0.25, -0.2) is 9.97 Å². The molecule has 0 amide bonds. The summed E-state index contributed by atoms with van der Waals surface area (Å²) < 4.78 is 0. The minimum atomic E-state index is -0.706.